The third kappa shape index (κ3) is 3.06. The Morgan fingerprint density at radius 1 is 1.10 bits per heavy atom. The van der Waals surface area contributed by atoms with Crippen molar-refractivity contribution >= 4 is 5.78 Å². The molecule has 2 aliphatic carbocycles. The second kappa shape index (κ2) is 6.31. The first kappa shape index (κ1) is 14.8. The van der Waals surface area contributed by atoms with Gasteiger partial charge in [0, 0.05) is 12.0 Å². The van der Waals surface area contributed by atoms with E-state index in [1.165, 1.54) is 44.1 Å². The third-order valence-electron chi connectivity index (χ3n) is 5.69. The van der Waals surface area contributed by atoms with E-state index in [-0.39, 0.29) is 5.41 Å². The molecule has 0 bridgehead atoms. The predicted molar refractivity (Wildman–Crippen MR) is 86.6 cm³/mol. The Bertz CT molecular complexity index is 498. The Hall–Kier alpha value is -1.15. The summed E-state index contributed by atoms with van der Waals surface area (Å²) in [5.74, 6) is 0.940. The highest BCUT2D eigenvalue weighted by molar-refractivity contribution is 5.98. The highest BCUT2D eigenvalue weighted by atomic mass is 16.1. The van der Waals surface area contributed by atoms with Crippen LogP contribution in [0.15, 0.2) is 24.3 Å². The zero-order chi connectivity index (χ0) is 14.7. The van der Waals surface area contributed by atoms with Crippen LogP contribution in [-0.4, -0.2) is 12.3 Å². The summed E-state index contributed by atoms with van der Waals surface area (Å²) in [7, 11) is 0. The van der Waals surface area contributed by atoms with Crippen LogP contribution < -0.4 is 5.73 Å². The van der Waals surface area contributed by atoms with Crippen LogP contribution in [0.4, 0.5) is 0 Å². The monoisotopic (exact) mass is 285 g/mol. The maximum atomic E-state index is 12.9. The largest absolute Gasteiger partial charge is 0.330 e. The van der Waals surface area contributed by atoms with E-state index in [4.69, 9.17) is 5.73 Å². The second-order valence-corrected chi connectivity index (χ2v) is 7.08. The predicted octanol–water partition coefficient (Wildman–Crippen LogP) is 4.44. The number of hydrogen-bond donors (Lipinski definition) is 1. The quantitative estimate of drug-likeness (QED) is 0.813. The lowest BCUT2D eigenvalue weighted by atomic mass is 9.69. The van der Waals surface area contributed by atoms with Crippen molar-refractivity contribution in [1.82, 2.24) is 0 Å². The standard InChI is InChI=1S/C19H27NO/c20-14-19(11-4-1-5-12-19)13-18(21)17-10-3-2-9-16(17)15-7-6-8-15/h2-3,9-10,15H,1,4-8,11-14,20H2. The molecule has 1 aromatic rings. The zero-order valence-corrected chi connectivity index (χ0v) is 12.9. The molecule has 2 saturated carbocycles. The van der Waals surface area contributed by atoms with E-state index >= 15 is 0 Å². The van der Waals surface area contributed by atoms with Gasteiger partial charge in [0.2, 0.25) is 0 Å². The van der Waals surface area contributed by atoms with Crippen molar-refractivity contribution in [2.45, 2.75) is 63.7 Å². The van der Waals surface area contributed by atoms with Crippen molar-refractivity contribution in [2.24, 2.45) is 11.1 Å². The van der Waals surface area contributed by atoms with Crippen LogP contribution in [0.5, 0.6) is 0 Å². The molecule has 0 unspecified atom stereocenters. The second-order valence-electron chi connectivity index (χ2n) is 7.08. The van der Waals surface area contributed by atoms with Crippen LogP contribution >= 0.6 is 0 Å². The van der Waals surface area contributed by atoms with Gasteiger partial charge in [-0.3, -0.25) is 4.79 Å². The van der Waals surface area contributed by atoms with Gasteiger partial charge in [0.25, 0.3) is 0 Å². The van der Waals surface area contributed by atoms with E-state index in [9.17, 15) is 4.79 Å². The van der Waals surface area contributed by atoms with Crippen LogP contribution in [0.25, 0.3) is 0 Å². The number of ketones is 1. The molecule has 1 aromatic carbocycles. The molecule has 0 aliphatic heterocycles. The smallest absolute Gasteiger partial charge is 0.163 e. The summed E-state index contributed by atoms with van der Waals surface area (Å²) in [5, 5.41) is 0. The van der Waals surface area contributed by atoms with Gasteiger partial charge in [0.15, 0.2) is 5.78 Å². The molecule has 0 saturated heterocycles. The SMILES string of the molecule is NCC1(CC(=O)c2ccccc2C2CCC2)CCCCC1. The fraction of sp³-hybridized carbons (Fsp3) is 0.632. The normalized spacial score (nSPS) is 21.8. The molecule has 0 aromatic heterocycles. The molecule has 0 amide bonds. The van der Waals surface area contributed by atoms with Gasteiger partial charge in [-0.25, -0.2) is 0 Å². The molecule has 21 heavy (non-hydrogen) atoms. The van der Waals surface area contributed by atoms with E-state index in [1.54, 1.807) is 0 Å². The van der Waals surface area contributed by atoms with E-state index < -0.39 is 0 Å². The fourth-order valence-corrected chi connectivity index (χ4v) is 4.02. The molecule has 3 rings (SSSR count). The van der Waals surface area contributed by atoms with Gasteiger partial charge in [-0.05, 0) is 49.1 Å². The minimum Gasteiger partial charge on any atom is -0.330 e. The van der Waals surface area contributed by atoms with Gasteiger partial charge in [-0.2, -0.15) is 0 Å². The maximum absolute atomic E-state index is 12.9. The van der Waals surface area contributed by atoms with Crippen molar-refractivity contribution in [3.8, 4) is 0 Å². The van der Waals surface area contributed by atoms with Gasteiger partial charge in [0.1, 0.15) is 0 Å². The molecule has 114 valence electrons. The molecule has 2 fully saturated rings. The Morgan fingerprint density at radius 2 is 1.81 bits per heavy atom. The van der Waals surface area contributed by atoms with Crippen LogP contribution in [0.2, 0.25) is 0 Å². The van der Waals surface area contributed by atoms with Crippen LogP contribution in [0, 0.1) is 5.41 Å². The Kier molecular flexibility index (Phi) is 4.44. The van der Waals surface area contributed by atoms with E-state index in [0.29, 0.717) is 24.7 Å². The Balaban J connectivity index is 1.78. The molecule has 2 aliphatic rings. The molecule has 2 nitrogen and oxygen atoms in total. The zero-order valence-electron chi connectivity index (χ0n) is 12.9. The first-order chi connectivity index (χ1) is 10.2. The Morgan fingerprint density at radius 3 is 2.43 bits per heavy atom. The lowest BCUT2D eigenvalue weighted by Crippen LogP contribution is -2.35. The lowest BCUT2D eigenvalue weighted by molar-refractivity contribution is 0.0866. The van der Waals surface area contributed by atoms with Crippen molar-refractivity contribution in [3.05, 3.63) is 35.4 Å². The number of hydrogen-bond acceptors (Lipinski definition) is 2. The summed E-state index contributed by atoms with van der Waals surface area (Å²) in [6.45, 7) is 0.657. The summed E-state index contributed by atoms with van der Waals surface area (Å²) in [5.41, 5.74) is 8.38. The molecule has 2 heteroatoms. The molecular formula is C19H27NO. The number of benzene rings is 1. The van der Waals surface area contributed by atoms with Gasteiger partial charge in [0.05, 0.1) is 0 Å². The average Bonchev–Trinajstić information content (AvgIpc) is 2.47. The van der Waals surface area contributed by atoms with E-state index in [2.05, 4.69) is 12.1 Å². The van der Waals surface area contributed by atoms with Gasteiger partial charge < -0.3 is 5.73 Å². The minimum absolute atomic E-state index is 0.0715. The minimum atomic E-state index is 0.0715. The lowest BCUT2D eigenvalue weighted by Gasteiger charge is -2.36. The highest BCUT2D eigenvalue weighted by Crippen LogP contribution is 2.41. The summed E-state index contributed by atoms with van der Waals surface area (Å²) in [4.78, 5) is 12.9. The van der Waals surface area contributed by atoms with Gasteiger partial charge in [-0.1, -0.05) is 49.9 Å². The van der Waals surface area contributed by atoms with Gasteiger partial charge >= 0.3 is 0 Å². The third-order valence-corrected chi connectivity index (χ3v) is 5.69. The molecular weight excluding hydrogens is 258 g/mol. The topological polar surface area (TPSA) is 43.1 Å². The summed E-state index contributed by atoms with van der Waals surface area (Å²) in [6.07, 6.45) is 10.4. The summed E-state index contributed by atoms with van der Waals surface area (Å²) >= 11 is 0. The molecule has 2 N–H and O–H groups in total. The highest BCUT2D eigenvalue weighted by Gasteiger charge is 2.34. The van der Waals surface area contributed by atoms with Crippen LogP contribution in [0.3, 0.4) is 0 Å². The Labute approximate surface area is 128 Å². The van der Waals surface area contributed by atoms with Crippen molar-refractivity contribution < 1.29 is 4.79 Å². The van der Waals surface area contributed by atoms with E-state index in [1.807, 2.05) is 12.1 Å². The number of carbonyl (C=O) groups is 1. The molecule has 0 radical (unpaired) electrons. The van der Waals surface area contributed by atoms with E-state index in [0.717, 1.165) is 18.4 Å². The first-order valence-corrected chi connectivity index (χ1v) is 8.56. The van der Waals surface area contributed by atoms with Gasteiger partial charge in [-0.15, -0.1) is 0 Å². The number of nitrogens with two attached hydrogens (primary N) is 1. The van der Waals surface area contributed by atoms with Crippen molar-refractivity contribution in [1.29, 1.82) is 0 Å². The summed E-state index contributed by atoms with van der Waals surface area (Å²) < 4.78 is 0. The number of Topliss-reactive ketones (excluding diaryl/α,β-unsaturated/α-hetero) is 1. The van der Waals surface area contributed by atoms with Crippen LogP contribution in [-0.2, 0) is 0 Å². The first-order valence-electron chi connectivity index (χ1n) is 8.56. The fourth-order valence-electron chi connectivity index (χ4n) is 4.02. The molecule has 0 heterocycles. The molecule has 0 spiro atoms. The van der Waals surface area contributed by atoms with Crippen molar-refractivity contribution in [3.63, 3.8) is 0 Å². The number of carbonyl (C=O) groups excluding carboxylic acids is 1. The number of rotatable bonds is 5. The average molecular weight is 285 g/mol. The maximum Gasteiger partial charge on any atom is 0.163 e. The van der Waals surface area contributed by atoms with Crippen molar-refractivity contribution in [2.75, 3.05) is 6.54 Å². The van der Waals surface area contributed by atoms with Crippen LogP contribution in [0.1, 0.15) is 79.6 Å². The molecule has 0 atom stereocenters. The summed E-state index contributed by atoms with van der Waals surface area (Å²) in [6, 6.07) is 8.27.